The summed E-state index contributed by atoms with van der Waals surface area (Å²) in [6, 6.07) is 14.2. The fourth-order valence-electron chi connectivity index (χ4n) is 2.84. The molecule has 1 aliphatic heterocycles. The highest BCUT2D eigenvalue weighted by Gasteiger charge is 2.36. The molecule has 0 radical (unpaired) electrons. The molecule has 0 spiro atoms. The predicted octanol–water partition coefficient (Wildman–Crippen LogP) is 2.13. The van der Waals surface area contributed by atoms with Crippen molar-refractivity contribution in [2.75, 3.05) is 23.4 Å². The molecule has 1 saturated heterocycles. The van der Waals surface area contributed by atoms with Crippen LogP contribution < -0.4 is 10.2 Å². The maximum Gasteiger partial charge on any atom is 0.311 e. The topological polar surface area (TPSA) is 119 Å². The molecule has 1 fully saturated rings. The summed E-state index contributed by atoms with van der Waals surface area (Å²) in [5, 5.41) is 13.3. The van der Waals surface area contributed by atoms with Crippen molar-refractivity contribution in [2.24, 2.45) is 5.92 Å². The van der Waals surface area contributed by atoms with Crippen molar-refractivity contribution < 1.29 is 24.0 Å². The van der Waals surface area contributed by atoms with Gasteiger partial charge in [0.1, 0.15) is 0 Å². The number of nitro groups is 1. The third-order valence-electron chi connectivity index (χ3n) is 4.23. The summed E-state index contributed by atoms with van der Waals surface area (Å²) in [7, 11) is 0. The van der Waals surface area contributed by atoms with Crippen LogP contribution in [0, 0.1) is 16.0 Å². The second kappa shape index (κ2) is 8.30. The Labute approximate surface area is 160 Å². The maximum absolute atomic E-state index is 12.2. The van der Waals surface area contributed by atoms with Crippen LogP contribution >= 0.6 is 0 Å². The minimum atomic E-state index is -0.702. The van der Waals surface area contributed by atoms with Crippen LogP contribution in [-0.4, -0.2) is 35.9 Å². The summed E-state index contributed by atoms with van der Waals surface area (Å²) in [5.74, 6) is -2.10. The lowest BCUT2D eigenvalue weighted by atomic mass is 10.1. The lowest BCUT2D eigenvalue weighted by Gasteiger charge is -2.16. The molecule has 1 heterocycles. The Morgan fingerprint density at radius 3 is 2.46 bits per heavy atom. The normalized spacial score (nSPS) is 15.9. The number of rotatable bonds is 6. The van der Waals surface area contributed by atoms with Gasteiger partial charge in [0.2, 0.25) is 5.91 Å². The molecule has 2 aromatic carbocycles. The molecule has 0 saturated carbocycles. The van der Waals surface area contributed by atoms with Crippen molar-refractivity contribution in [1.29, 1.82) is 0 Å². The van der Waals surface area contributed by atoms with Crippen LogP contribution in [0.2, 0.25) is 0 Å². The van der Waals surface area contributed by atoms with Gasteiger partial charge in [-0.25, -0.2) is 0 Å². The van der Waals surface area contributed by atoms with Gasteiger partial charge < -0.3 is 15.0 Å². The van der Waals surface area contributed by atoms with E-state index in [9.17, 15) is 24.5 Å². The van der Waals surface area contributed by atoms with Gasteiger partial charge in [-0.3, -0.25) is 24.5 Å². The summed E-state index contributed by atoms with van der Waals surface area (Å²) in [5.41, 5.74) is 0.965. The Balaban J connectivity index is 1.53. The molecule has 9 heteroatoms. The molecule has 1 N–H and O–H groups in total. The van der Waals surface area contributed by atoms with E-state index in [1.54, 1.807) is 24.3 Å². The highest BCUT2D eigenvalue weighted by atomic mass is 16.6. The van der Waals surface area contributed by atoms with E-state index in [4.69, 9.17) is 4.74 Å². The summed E-state index contributed by atoms with van der Waals surface area (Å²) in [4.78, 5) is 47.8. The molecule has 0 bridgehead atoms. The van der Waals surface area contributed by atoms with Crippen LogP contribution in [0.25, 0.3) is 0 Å². The fraction of sp³-hybridized carbons (Fsp3) is 0.211. The molecule has 0 aliphatic carbocycles. The Kier molecular flexibility index (Phi) is 5.64. The number of carbonyl (C=O) groups is 3. The Morgan fingerprint density at radius 2 is 1.82 bits per heavy atom. The number of para-hydroxylation sites is 1. The van der Waals surface area contributed by atoms with Gasteiger partial charge in [0, 0.05) is 36.5 Å². The van der Waals surface area contributed by atoms with Crippen molar-refractivity contribution in [2.45, 2.75) is 6.42 Å². The molecule has 28 heavy (non-hydrogen) atoms. The zero-order chi connectivity index (χ0) is 20.1. The van der Waals surface area contributed by atoms with Crippen molar-refractivity contribution in [3.63, 3.8) is 0 Å². The second-order valence-electron chi connectivity index (χ2n) is 6.20. The first-order valence-corrected chi connectivity index (χ1v) is 8.50. The number of carbonyl (C=O) groups excluding carboxylic acids is 3. The lowest BCUT2D eigenvalue weighted by molar-refractivity contribution is -0.384. The van der Waals surface area contributed by atoms with Crippen LogP contribution in [0.15, 0.2) is 54.6 Å². The van der Waals surface area contributed by atoms with Crippen molar-refractivity contribution in [3.8, 4) is 0 Å². The van der Waals surface area contributed by atoms with Gasteiger partial charge in [0.25, 0.3) is 11.6 Å². The SMILES string of the molecule is O=C(COC(=O)[C@H]1CC(=O)N(c2ccc([N+](=O)[O-])cc2)C1)Nc1ccccc1. The first-order chi connectivity index (χ1) is 13.4. The third kappa shape index (κ3) is 4.50. The summed E-state index contributed by atoms with van der Waals surface area (Å²) in [6.45, 7) is -0.355. The van der Waals surface area contributed by atoms with Gasteiger partial charge >= 0.3 is 5.97 Å². The molecule has 1 atom stereocenters. The Morgan fingerprint density at radius 1 is 1.14 bits per heavy atom. The number of esters is 1. The van der Waals surface area contributed by atoms with Crippen LogP contribution in [0.1, 0.15) is 6.42 Å². The molecule has 3 rings (SSSR count). The quantitative estimate of drug-likeness (QED) is 0.464. The lowest BCUT2D eigenvalue weighted by Crippen LogP contribution is -2.28. The van der Waals surface area contributed by atoms with Gasteiger partial charge in [-0.1, -0.05) is 18.2 Å². The standard InChI is InChI=1S/C19H17N3O6/c23-17(20-14-4-2-1-3-5-14)12-28-19(25)13-10-18(24)21(11-13)15-6-8-16(9-7-15)22(26)27/h1-9,13H,10-12H2,(H,20,23)/t13-/m0/s1. The number of ether oxygens (including phenoxy) is 1. The third-order valence-corrected chi connectivity index (χ3v) is 4.23. The van der Waals surface area contributed by atoms with Crippen LogP contribution in [0.5, 0.6) is 0 Å². The highest BCUT2D eigenvalue weighted by molar-refractivity contribution is 6.00. The number of anilines is 2. The molecule has 0 unspecified atom stereocenters. The Bertz CT molecular complexity index is 898. The van der Waals surface area contributed by atoms with Crippen LogP contribution in [0.4, 0.5) is 17.1 Å². The van der Waals surface area contributed by atoms with Crippen LogP contribution in [0.3, 0.4) is 0 Å². The number of nitrogens with zero attached hydrogens (tertiary/aromatic N) is 2. The van der Waals surface area contributed by atoms with E-state index in [0.717, 1.165) is 0 Å². The molecule has 0 aromatic heterocycles. The number of nitrogens with one attached hydrogen (secondary N) is 1. The highest BCUT2D eigenvalue weighted by Crippen LogP contribution is 2.27. The van der Waals surface area contributed by atoms with Gasteiger partial charge in [-0.05, 0) is 24.3 Å². The van der Waals surface area contributed by atoms with E-state index in [2.05, 4.69) is 5.32 Å². The van der Waals surface area contributed by atoms with Gasteiger partial charge in [-0.15, -0.1) is 0 Å². The molecule has 2 aromatic rings. The molecule has 2 amide bonds. The number of hydrogen-bond acceptors (Lipinski definition) is 6. The molecule has 144 valence electrons. The maximum atomic E-state index is 12.2. The van der Waals surface area contributed by atoms with Gasteiger partial charge in [0.05, 0.1) is 10.8 Å². The van der Waals surface area contributed by atoms with Gasteiger partial charge in [-0.2, -0.15) is 0 Å². The van der Waals surface area contributed by atoms with Crippen molar-refractivity contribution >= 4 is 34.8 Å². The number of hydrogen-bond donors (Lipinski definition) is 1. The zero-order valence-corrected chi connectivity index (χ0v) is 14.7. The number of benzene rings is 2. The molecular formula is C19H17N3O6. The first kappa shape index (κ1) is 19.0. The Hall–Kier alpha value is -3.75. The number of amides is 2. The number of non-ortho nitro benzene ring substituents is 1. The predicted molar refractivity (Wildman–Crippen MR) is 99.6 cm³/mol. The fourth-order valence-corrected chi connectivity index (χ4v) is 2.84. The minimum Gasteiger partial charge on any atom is -0.455 e. The number of nitro benzene ring substituents is 1. The smallest absolute Gasteiger partial charge is 0.311 e. The largest absolute Gasteiger partial charge is 0.455 e. The molecule has 9 nitrogen and oxygen atoms in total. The van der Waals surface area contributed by atoms with E-state index in [0.29, 0.717) is 11.4 Å². The zero-order valence-electron chi connectivity index (χ0n) is 14.7. The molecule has 1 aliphatic rings. The van der Waals surface area contributed by atoms with Crippen LogP contribution in [-0.2, 0) is 19.1 Å². The van der Waals surface area contributed by atoms with Crippen molar-refractivity contribution in [3.05, 3.63) is 64.7 Å². The van der Waals surface area contributed by atoms with E-state index >= 15 is 0 Å². The van der Waals surface area contributed by atoms with E-state index in [1.165, 1.54) is 29.2 Å². The summed E-state index contributed by atoms with van der Waals surface area (Å²) in [6.07, 6.45) is -0.0455. The average molecular weight is 383 g/mol. The minimum absolute atomic E-state index is 0.0455. The average Bonchev–Trinajstić information content (AvgIpc) is 3.09. The van der Waals surface area contributed by atoms with E-state index in [-0.39, 0.29) is 24.6 Å². The van der Waals surface area contributed by atoms with E-state index < -0.39 is 29.3 Å². The van der Waals surface area contributed by atoms with Crippen molar-refractivity contribution in [1.82, 2.24) is 0 Å². The van der Waals surface area contributed by atoms with Gasteiger partial charge in [0.15, 0.2) is 6.61 Å². The second-order valence-corrected chi connectivity index (χ2v) is 6.20. The monoisotopic (exact) mass is 383 g/mol. The first-order valence-electron chi connectivity index (χ1n) is 8.50. The summed E-state index contributed by atoms with van der Waals surface area (Å²) >= 11 is 0. The molecular weight excluding hydrogens is 366 g/mol. The summed E-state index contributed by atoms with van der Waals surface area (Å²) < 4.78 is 5.02. The van der Waals surface area contributed by atoms with E-state index in [1.807, 2.05) is 6.07 Å².